The predicted octanol–water partition coefficient (Wildman–Crippen LogP) is 2.95. The highest BCUT2D eigenvalue weighted by molar-refractivity contribution is 7.91. The van der Waals surface area contributed by atoms with Crippen LogP contribution in [0.1, 0.15) is 18.9 Å². The van der Waals surface area contributed by atoms with Gasteiger partial charge >= 0.3 is 5.97 Å². The smallest absolute Gasteiger partial charge is 0.307 e. The molecule has 0 radical (unpaired) electrons. The van der Waals surface area contributed by atoms with Gasteiger partial charge in [-0.05, 0) is 48.9 Å². The summed E-state index contributed by atoms with van der Waals surface area (Å²) in [5.74, 6) is -2.13. The molecule has 2 N–H and O–H groups in total. The first-order valence-electron chi connectivity index (χ1n) is 8.89. The lowest BCUT2D eigenvalue weighted by Gasteiger charge is -2.10. The average Bonchev–Trinajstić information content (AvgIpc) is 2.68. The zero-order chi connectivity index (χ0) is 22.3. The van der Waals surface area contributed by atoms with Crippen molar-refractivity contribution >= 4 is 50.6 Å². The van der Waals surface area contributed by atoms with Crippen LogP contribution in [-0.2, 0) is 29.0 Å². The van der Waals surface area contributed by atoms with E-state index in [1.54, 1.807) is 25.1 Å². The first-order valence-corrected chi connectivity index (χ1v) is 10.9. The summed E-state index contributed by atoms with van der Waals surface area (Å²) in [6, 6.07) is 10.6. The molecule has 30 heavy (non-hydrogen) atoms. The SMILES string of the molecule is CC(=O)Nc1ccc(S(=O)(=O)CCC(=O)OCC(=O)Nc2cccc(Cl)c2C)cc1. The van der Waals surface area contributed by atoms with E-state index in [1.165, 1.54) is 31.2 Å². The number of halogens is 1. The summed E-state index contributed by atoms with van der Waals surface area (Å²) in [4.78, 5) is 34.8. The summed E-state index contributed by atoms with van der Waals surface area (Å²) in [5.41, 5.74) is 1.63. The van der Waals surface area contributed by atoms with Gasteiger partial charge in [0.15, 0.2) is 16.4 Å². The summed E-state index contributed by atoms with van der Waals surface area (Å²) in [6.07, 6.45) is -0.404. The number of carbonyl (C=O) groups excluding carboxylic acids is 3. The molecule has 10 heteroatoms. The summed E-state index contributed by atoms with van der Waals surface area (Å²) in [5, 5.41) is 5.59. The number of rotatable bonds is 8. The lowest BCUT2D eigenvalue weighted by Crippen LogP contribution is -2.22. The Labute approximate surface area is 179 Å². The number of amides is 2. The lowest BCUT2D eigenvalue weighted by molar-refractivity contribution is -0.146. The number of benzene rings is 2. The van der Waals surface area contributed by atoms with Crippen LogP contribution in [0, 0.1) is 6.92 Å². The topological polar surface area (TPSA) is 119 Å². The molecule has 0 heterocycles. The fourth-order valence-corrected chi connectivity index (χ4v) is 3.83. The van der Waals surface area contributed by atoms with Crippen molar-refractivity contribution in [3.63, 3.8) is 0 Å². The van der Waals surface area contributed by atoms with Gasteiger partial charge in [-0.25, -0.2) is 8.42 Å². The molecule has 0 unspecified atom stereocenters. The van der Waals surface area contributed by atoms with Crippen LogP contribution in [0.5, 0.6) is 0 Å². The minimum Gasteiger partial charge on any atom is -0.456 e. The van der Waals surface area contributed by atoms with Crippen LogP contribution in [-0.4, -0.2) is 38.6 Å². The third kappa shape index (κ3) is 6.85. The average molecular weight is 453 g/mol. The maximum atomic E-state index is 12.3. The Morgan fingerprint density at radius 1 is 1.03 bits per heavy atom. The monoisotopic (exact) mass is 452 g/mol. The number of hydrogen-bond donors (Lipinski definition) is 2. The first-order chi connectivity index (χ1) is 14.1. The van der Waals surface area contributed by atoms with E-state index in [0.717, 1.165) is 0 Å². The van der Waals surface area contributed by atoms with Gasteiger partial charge in [-0.3, -0.25) is 14.4 Å². The van der Waals surface area contributed by atoms with Crippen molar-refractivity contribution in [3.05, 3.63) is 53.1 Å². The number of nitrogens with one attached hydrogen (secondary N) is 2. The summed E-state index contributed by atoms with van der Waals surface area (Å²) in [7, 11) is -3.73. The van der Waals surface area contributed by atoms with Crippen molar-refractivity contribution < 1.29 is 27.5 Å². The summed E-state index contributed by atoms with van der Waals surface area (Å²) >= 11 is 5.98. The van der Waals surface area contributed by atoms with Crippen molar-refractivity contribution in [2.75, 3.05) is 23.0 Å². The minimum atomic E-state index is -3.73. The number of hydrogen-bond acceptors (Lipinski definition) is 6. The molecule has 0 spiro atoms. The highest BCUT2D eigenvalue weighted by Crippen LogP contribution is 2.22. The minimum absolute atomic E-state index is 0.0126. The molecular formula is C20H21ClN2O6S. The van der Waals surface area contributed by atoms with Crippen molar-refractivity contribution in [3.8, 4) is 0 Å². The van der Waals surface area contributed by atoms with E-state index in [1.807, 2.05) is 0 Å². The zero-order valence-electron chi connectivity index (χ0n) is 16.4. The number of esters is 1. The van der Waals surface area contributed by atoms with Gasteiger partial charge in [0.25, 0.3) is 5.91 Å². The molecule has 0 aromatic heterocycles. The van der Waals surface area contributed by atoms with E-state index in [2.05, 4.69) is 10.6 Å². The molecule has 0 aliphatic heterocycles. The predicted molar refractivity (Wildman–Crippen MR) is 113 cm³/mol. The molecule has 2 aromatic carbocycles. The van der Waals surface area contributed by atoms with Crippen LogP contribution in [0.4, 0.5) is 11.4 Å². The second-order valence-corrected chi connectivity index (χ2v) is 8.91. The van der Waals surface area contributed by atoms with Gasteiger partial charge in [-0.15, -0.1) is 0 Å². The normalized spacial score (nSPS) is 10.9. The van der Waals surface area contributed by atoms with Gasteiger partial charge in [0.05, 0.1) is 17.1 Å². The molecule has 2 amide bonds. The molecule has 0 saturated heterocycles. The van der Waals surface area contributed by atoms with Gasteiger partial charge in [0.2, 0.25) is 5.91 Å². The molecule has 0 saturated carbocycles. The molecule has 2 rings (SSSR count). The number of carbonyl (C=O) groups is 3. The van der Waals surface area contributed by atoms with Crippen LogP contribution < -0.4 is 10.6 Å². The molecule has 0 aliphatic carbocycles. The Balaban J connectivity index is 1.83. The van der Waals surface area contributed by atoms with Crippen LogP contribution in [0.15, 0.2) is 47.4 Å². The van der Waals surface area contributed by atoms with Gasteiger partial charge in [-0.2, -0.15) is 0 Å². The van der Waals surface area contributed by atoms with Crippen LogP contribution in [0.3, 0.4) is 0 Å². The Bertz CT molecular complexity index is 1050. The van der Waals surface area contributed by atoms with Gasteiger partial charge in [0.1, 0.15) is 0 Å². The second-order valence-electron chi connectivity index (χ2n) is 6.40. The fourth-order valence-electron chi connectivity index (χ4n) is 2.43. The summed E-state index contributed by atoms with van der Waals surface area (Å²) < 4.78 is 29.5. The van der Waals surface area contributed by atoms with Crippen molar-refractivity contribution in [1.29, 1.82) is 0 Å². The van der Waals surface area contributed by atoms with Crippen molar-refractivity contribution in [1.82, 2.24) is 0 Å². The fraction of sp³-hybridized carbons (Fsp3) is 0.250. The molecule has 0 aliphatic rings. The molecule has 0 atom stereocenters. The van der Waals surface area contributed by atoms with Crippen molar-refractivity contribution in [2.24, 2.45) is 0 Å². The number of sulfone groups is 1. The largest absolute Gasteiger partial charge is 0.456 e. The summed E-state index contributed by atoms with van der Waals surface area (Å²) in [6.45, 7) is 2.53. The quantitative estimate of drug-likeness (QED) is 0.594. The molecule has 8 nitrogen and oxygen atoms in total. The van der Waals surface area contributed by atoms with E-state index in [0.29, 0.717) is 22.0 Å². The molecular weight excluding hydrogens is 432 g/mol. The Kier molecular flexibility index (Phi) is 7.96. The van der Waals surface area contributed by atoms with Crippen LogP contribution >= 0.6 is 11.6 Å². The number of anilines is 2. The zero-order valence-corrected chi connectivity index (χ0v) is 18.0. The van der Waals surface area contributed by atoms with Crippen LogP contribution in [0.2, 0.25) is 5.02 Å². The molecule has 160 valence electrons. The Morgan fingerprint density at radius 3 is 2.33 bits per heavy atom. The first kappa shape index (κ1) is 23.4. The number of ether oxygens (including phenoxy) is 1. The van der Waals surface area contributed by atoms with Gasteiger partial charge < -0.3 is 15.4 Å². The van der Waals surface area contributed by atoms with Gasteiger partial charge in [-0.1, -0.05) is 17.7 Å². The maximum Gasteiger partial charge on any atom is 0.307 e. The third-order valence-corrected chi connectivity index (χ3v) is 6.16. The van der Waals surface area contributed by atoms with E-state index in [4.69, 9.17) is 16.3 Å². The van der Waals surface area contributed by atoms with E-state index >= 15 is 0 Å². The Morgan fingerprint density at radius 2 is 1.70 bits per heavy atom. The third-order valence-electron chi connectivity index (χ3n) is 4.01. The Hall–Kier alpha value is -2.91. The standard InChI is InChI=1S/C20H21ClN2O6S/c1-13-17(21)4-3-5-18(13)23-19(25)12-29-20(26)10-11-30(27,28)16-8-6-15(7-9-16)22-14(2)24/h3-9H,10-12H2,1-2H3,(H,22,24)(H,23,25). The molecule has 2 aromatic rings. The van der Waals surface area contributed by atoms with Crippen LogP contribution in [0.25, 0.3) is 0 Å². The van der Waals surface area contributed by atoms with Crippen molar-refractivity contribution in [2.45, 2.75) is 25.2 Å². The van der Waals surface area contributed by atoms with E-state index < -0.39 is 40.5 Å². The lowest BCUT2D eigenvalue weighted by atomic mass is 10.2. The van der Waals surface area contributed by atoms with E-state index in [-0.39, 0.29) is 10.8 Å². The maximum absolute atomic E-state index is 12.3. The molecule has 0 bridgehead atoms. The molecule has 0 fully saturated rings. The van der Waals surface area contributed by atoms with E-state index in [9.17, 15) is 22.8 Å². The highest BCUT2D eigenvalue weighted by atomic mass is 35.5. The van der Waals surface area contributed by atoms with Gasteiger partial charge in [0, 0.05) is 23.3 Å². The highest BCUT2D eigenvalue weighted by Gasteiger charge is 2.18. The second kappa shape index (κ2) is 10.2.